The summed E-state index contributed by atoms with van der Waals surface area (Å²) < 4.78 is 5.77. The minimum Gasteiger partial charge on any atom is -0.473 e. The number of piperidine rings is 1. The monoisotopic (exact) mass is 304 g/mol. The fourth-order valence-corrected chi connectivity index (χ4v) is 2.91. The molecule has 0 aliphatic carbocycles. The van der Waals surface area contributed by atoms with Gasteiger partial charge in [-0.05, 0) is 13.0 Å². The predicted octanol–water partition coefficient (Wildman–Crippen LogP) is 1.93. The molecule has 1 fully saturated rings. The lowest BCUT2D eigenvalue weighted by atomic mass is 10.1. The molecule has 3 heterocycles. The normalized spacial score (nSPS) is 16.0. The average Bonchev–Trinajstić information content (AvgIpc) is 2.95. The van der Waals surface area contributed by atoms with Crippen LogP contribution in [0.3, 0.4) is 0 Å². The summed E-state index contributed by atoms with van der Waals surface area (Å²) in [4.78, 5) is 18.4. The summed E-state index contributed by atoms with van der Waals surface area (Å²) in [5.74, 6) is 0.551. The molecule has 2 aromatic rings. The number of amides is 1. The van der Waals surface area contributed by atoms with Crippen LogP contribution in [0.4, 0.5) is 0 Å². The van der Waals surface area contributed by atoms with Crippen LogP contribution >= 0.6 is 11.3 Å². The van der Waals surface area contributed by atoms with Crippen LogP contribution in [-0.4, -0.2) is 45.2 Å². The van der Waals surface area contributed by atoms with E-state index in [9.17, 15) is 4.79 Å². The molecule has 21 heavy (non-hydrogen) atoms. The van der Waals surface area contributed by atoms with E-state index in [2.05, 4.69) is 15.2 Å². The van der Waals surface area contributed by atoms with E-state index in [0.29, 0.717) is 24.7 Å². The van der Waals surface area contributed by atoms with Crippen LogP contribution in [0.15, 0.2) is 23.7 Å². The van der Waals surface area contributed by atoms with Crippen molar-refractivity contribution >= 4 is 17.2 Å². The Morgan fingerprint density at radius 2 is 2.24 bits per heavy atom. The van der Waals surface area contributed by atoms with E-state index >= 15 is 0 Å². The Labute approximate surface area is 126 Å². The first-order valence-electron chi connectivity index (χ1n) is 6.88. The molecule has 1 aliphatic rings. The first-order chi connectivity index (χ1) is 10.2. The van der Waals surface area contributed by atoms with Crippen molar-refractivity contribution in [2.75, 3.05) is 13.1 Å². The highest BCUT2D eigenvalue weighted by molar-refractivity contribution is 7.09. The first kappa shape index (κ1) is 13.9. The van der Waals surface area contributed by atoms with Crippen molar-refractivity contribution in [1.82, 2.24) is 20.1 Å². The van der Waals surface area contributed by atoms with Gasteiger partial charge in [0.05, 0.1) is 5.01 Å². The Morgan fingerprint density at radius 3 is 2.86 bits per heavy atom. The van der Waals surface area contributed by atoms with Crippen molar-refractivity contribution in [1.29, 1.82) is 0 Å². The van der Waals surface area contributed by atoms with Crippen LogP contribution in [-0.2, 0) is 0 Å². The second-order valence-corrected chi connectivity index (χ2v) is 5.99. The second kappa shape index (κ2) is 6.17. The summed E-state index contributed by atoms with van der Waals surface area (Å²) in [6.07, 6.45) is 3.30. The van der Waals surface area contributed by atoms with Gasteiger partial charge in [-0.2, -0.15) is 5.10 Å². The van der Waals surface area contributed by atoms with E-state index in [1.807, 2.05) is 17.2 Å². The van der Waals surface area contributed by atoms with Crippen LogP contribution in [0.2, 0.25) is 0 Å². The van der Waals surface area contributed by atoms with Crippen LogP contribution in [0, 0.1) is 6.92 Å². The molecule has 7 heteroatoms. The van der Waals surface area contributed by atoms with Gasteiger partial charge in [0.2, 0.25) is 5.88 Å². The number of aryl methyl sites for hydroxylation is 1. The zero-order valence-electron chi connectivity index (χ0n) is 11.7. The molecule has 0 atom stereocenters. The lowest BCUT2D eigenvalue weighted by Crippen LogP contribution is -2.42. The molecule has 1 aliphatic heterocycles. The molecule has 0 radical (unpaired) electrons. The van der Waals surface area contributed by atoms with Crippen molar-refractivity contribution in [3.8, 4) is 5.88 Å². The summed E-state index contributed by atoms with van der Waals surface area (Å²) >= 11 is 1.50. The zero-order valence-corrected chi connectivity index (χ0v) is 12.5. The first-order valence-corrected chi connectivity index (χ1v) is 7.76. The van der Waals surface area contributed by atoms with E-state index in [4.69, 9.17) is 4.74 Å². The smallest absolute Gasteiger partial charge is 0.273 e. The number of hydrogen-bond acceptors (Lipinski definition) is 6. The van der Waals surface area contributed by atoms with E-state index in [-0.39, 0.29) is 12.0 Å². The molecule has 2 aromatic heterocycles. The molecular formula is C14H16N4O2S. The van der Waals surface area contributed by atoms with Crippen LogP contribution < -0.4 is 4.74 Å². The SMILES string of the molecule is Cc1nc(C(=O)N2CCC(Oc3cccnn3)CC2)cs1. The van der Waals surface area contributed by atoms with Crippen molar-refractivity contribution in [3.63, 3.8) is 0 Å². The van der Waals surface area contributed by atoms with Crippen LogP contribution in [0.25, 0.3) is 0 Å². The Hall–Kier alpha value is -2.02. The summed E-state index contributed by atoms with van der Waals surface area (Å²) in [6, 6.07) is 3.59. The van der Waals surface area contributed by atoms with E-state index < -0.39 is 0 Å². The van der Waals surface area contributed by atoms with E-state index in [1.165, 1.54) is 11.3 Å². The Kier molecular flexibility index (Phi) is 4.10. The fraction of sp³-hybridized carbons (Fsp3) is 0.429. The van der Waals surface area contributed by atoms with Gasteiger partial charge in [-0.25, -0.2) is 4.98 Å². The van der Waals surface area contributed by atoms with Crippen molar-refractivity contribution in [3.05, 3.63) is 34.4 Å². The second-order valence-electron chi connectivity index (χ2n) is 4.92. The van der Waals surface area contributed by atoms with Crippen molar-refractivity contribution < 1.29 is 9.53 Å². The summed E-state index contributed by atoms with van der Waals surface area (Å²) in [7, 11) is 0. The number of carbonyl (C=O) groups excluding carboxylic acids is 1. The number of aromatic nitrogens is 3. The van der Waals surface area contributed by atoms with Gasteiger partial charge in [0.25, 0.3) is 5.91 Å². The minimum atomic E-state index is 0.0114. The molecule has 0 spiro atoms. The lowest BCUT2D eigenvalue weighted by Gasteiger charge is -2.31. The summed E-state index contributed by atoms with van der Waals surface area (Å²) in [5.41, 5.74) is 0.547. The van der Waals surface area contributed by atoms with Crippen molar-refractivity contribution in [2.24, 2.45) is 0 Å². The molecule has 0 bridgehead atoms. The van der Waals surface area contributed by atoms with E-state index in [1.54, 1.807) is 18.3 Å². The van der Waals surface area contributed by atoms with Gasteiger partial charge in [0.1, 0.15) is 11.8 Å². The molecule has 0 aromatic carbocycles. The average molecular weight is 304 g/mol. The summed E-state index contributed by atoms with van der Waals surface area (Å²) in [6.45, 7) is 3.27. The molecule has 0 N–H and O–H groups in total. The van der Waals surface area contributed by atoms with Crippen LogP contribution in [0.1, 0.15) is 28.3 Å². The molecule has 6 nitrogen and oxygen atoms in total. The van der Waals surface area contributed by atoms with Crippen molar-refractivity contribution in [2.45, 2.75) is 25.9 Å². The maximum absolute atomic E-state index is 12.3. The third-order valence-corrected chi connectivity index (χ3v) is 4.18. The van der Waals surface area contributed by atoms with Gasteiger partial charge < -0.3 is 9.64 Å². The molecule has 0 saturated carbocycles. The Balaban J connectivity index is 1.54. The fourth-order valence-electron chi connectivity index (χ4n) is 2.32. The maximum atomic E-state index is 12.3. The zero-order chi connectivity index (χ0) is 14.7. The molecule has 0 unspecified atom stereocenters. The van der Waals surface area contributed by atoms with Gasteiger partial charge in [-0.1, -0.05) is 0 Å². The molecular weight excluding hydrogens is 288 g/mol. The number of nitrogens with zero attached hydrogens (tertiary/aromatic N) is 4. The molecule has 1 saturated heterocycles. The van der Waals surface area contributed by atoms with Gasteiger partial charge in [-0.3, -0.25) is 4.79 Å². The number of carbonyl (C=O) groups is 1. The van der Waals surface area contributed by atoms with Gasteiger partial charge in [0, 0.05) is 43.6 Å². The highest BCUT2D eigenvalue weighted by Gasteiger charge is 2.26. The lowest BCUT2D eigenvalue weighted by molar-refractivity contribution is 0.0581. The Morgan fingerprint density at radius 1 is 1.43 bits per heavy atom. The third kappa shape index (κ3) is 3.36. The van der Waals surface area contributed by atoms with Gasteiger partial charge in [-0.15, -0.1) is 16.4 Å². The van der Waals surface area contributed by atoms with Gasteiger partial charge >= 0.3 is 0 Å². The molecule has 110 valence electrons. The predicted molar refractivity (Wildman–Crippen MR) is 78.4 cm³/mol. The third-order valence-electron chi connectivity index (χ3n) is 3.40. The van der Waals surface area contributed by atoms with Gasteiger partial charge in [0.15, 0.2) is 0 Å². The molecule has 1 amide bonds. The summed E-state index contributed by atoms with van der Waals surface area (Å²) in [5, 5.41) is 10.4. The maximum Gasteiger partial charge on any atom is 0.273 e. The number of thiazole rings is 1. The quantitative estimate of drug-likeness (QED) is 0.866. The highest BCUT2D eigenvalue weighted by Crippen LogP contribution is 2.19. The Bertz CT molecular complexity index is 608. The minimum absolute atomic E-state index is 0.0114. The topological polar surface area (TPSA) is 68.2 Å². The van der Waals surface area contributed by atoms with Crippen LogP contribution in [0.5, 0.6) is 5.88 Å². The number of hydrogen-bond donors (Lipinski definition) is 0. The number of likely N-dealkylation sites (tertiary alicyclic amines) is 1. The van der Waals surface area contributed by atoms with E-state index in [0.717, 1.165) is 17.8 Å². The number of ether oxygens (including phenoxy) is 1. The standard InChI is InChI=1S/C14H16N4O2S/c1-10-16-12(9-21-10)14(19)18-7-4-11(5-8-18)20-13-3-2-6-15-17-13/h2-3,6,9,11H,4-5,7-8H2,1H3. The molecule has 3 rings (SSSR count). The highest BCUT2D eigenvalue weighted by atomic mass is 32.1. The number of rotatable bonds is 3. The largest absolute Gasteiger partial charge is 0.473 e.